The van der Waals surface area contributed by atoms with Crippen molar-refractivity contribution < 1.29 is 4.74 Å². The molecule has 0 aliphatic heterocycles. The molecule has 3 aromatic rings. The molecular formula is C16H16Cl2N4O. The topological polar surface area (TPSA) is 43.2 Å². The molecule has 0 spiro atoms. The summed E-state index contributed by atoms with van der Waals surface area (Å²) >= 11 is 12.5. The monoisotopic (exact) mass is 350 g/mol. The van der Waals surface area contributed by atoms with Crippen LogP contribution in [0.5, 0.6) is 0 Å². The van der Waals surface area contributed by atoms with Gasteiger partial charge in [-0.3, -0.25) is 0 Å². The number of likely N-dealkylation sites (N-methyl/N-ethyl adjacent to an activating group) is 1. The molecule has 1 aromatic carbocycles. The summed E-state index contributed by atoms with van der Waals surface area (Å²) in [6, 6.07) is 5.71. The van der Waals surface area contributed by atoms with Gasteiger partial charge in [0.25, 0.3) is 0 Å². The van der Waals surface area contributed by atoms with Gasteiger partial charge in [-0.05, 0) is 12.1 Å². The van der Waals surface area contributed by atoms with Gasteiger partial charge in [-0.2, -0.15) is 0 Å². The highest BCUT2D eigenvalue weighted by Gasteiger charge is 2.14. The van der Waals surface area contributed by atoms with E-state index >= 15 is 0 Å². The highest BCUT2D eigenvalue weighted by atomic mass is 35.5. The average molecular weight is 351 g/mol. The fourth-order valence-corrected chi connectivity index (χ4v) is 2.72. The summed E-state index contributed by atoms with van der Waals surface area (Å²) in [7, 11) is 3.64. The van der Waals surface area contributed by atoms with E-state index in [0.717, 1.165) is 23.4 Å². The normalized spacial score (nSPS) is 11.1. The Morgan fingerprint density at radius 1 is 1.30 bits per heavy atom. The van der Waals surface area contributed by atoms with E-state index in [9.17, 15) is 0 Å². The summed E-state index contributed by atoms with van der Waals surface area (Å²) in [5.74, 6) is 0.794. The number of aromatic nitrogens is 3. The van der Waals surface area contributed by atoms with Crippen molar-refractivity contribution in [3.63, 3.8) is 0 Å². The Morgan fingerprint density at radius 3 is 2.83 bits per heavy atom. The molecule has 0 atom stereocenters. The zero-order chi connectivity index (χ0) is 16.4. The number of ether oxygens (including phenoxy) is 1. The second kappa shape index (κ2) is 6.74. The number of pyridine rings is 1. The lowest BCUT2D eigenvalue weighted by molar-refractivity contribution is 0.206. The number of methoxy groups -OCH3 is 1. The molecule has 7 heteroatoms. The summed E-state index contributed by atoms with van der Waals surface area (Å²) in [5, 5.41) is 1.86. The number of fused-ring (bicyclic) bond motifs is 1. The lowest BCUT2D eigenvalue weighted by Crippen LogP contribution is -2.23. The molecule has 0 aliphatic rings. The van der Waals surface area contributed by atoms with Gasteiger partial charge in [-0.15, -0.1) is 0 Å². The number of imidazole rings is 1. The van der Waals surface area contributed by atoms with Gasteiger partial charge in [0.2, 0.25) is 0 Å². The van der Waals surface area contributed by atoms with Crippen LogP contribution in [0.1, 0.15) is 0 Å². The molecule has 2 heterocycles. The van der Waals surface area contributed by atoms with Gasteiger partial charge < -0.3 is 14.2 Å². The van der Waals surface area contributed by atoms with Crippen LogP contribution in [-0.4, -0.2) is 41.8 Å². The van der Waals surface area contributed by atoms with Crippen LogP contribution in [0.15, 0.2) is 36.9 Å². The third kappa shape index (κ3) is 3.13. The van der Waals surface area contributed by atoms with Gasteiger partial charge >= 0.3 is 0 Å². The third-order valence-electron chi connectivity index (χ3n) is 3.64. The Hall–Kier alpha value is -1.82. The minimum Gasteiger partial charge on any atom is -0.383 e. The first kappa shape index (κ1) is 16.1. The molecular weight excluding hydrogens is 335 g/mol. The van der Waals surface area contributed by atoms with Crippen LogP contribution in [0.3, 0.4) is 0 Å². The van der Waals surface area contributed by atoms with Crippen LogP contribution in [0, 0.1) is 0 Å². The molecule has 0 aliphatic carbocycles. The Morgan fingerprint density at radius 2 is 2.13 bits per heavy atom. The smallest absolute Gasteiger partial charge is 0.131 e. The Bertz CT molecular complexity index is 821. The van der Waals surface area contributed by atoms with Crippen LogP contribution in [0.2, 0.25) is 10.0 Å². The number of hydrogen-bond donors (Lipinski definition) is 0. The van der Waals surface area contributed by atoms with Crippen LogP contribution in [0.4, 0.5) is 5.82 Å². The van der Waals surface area contributed by atoms with Gasteiger partial charge in [0, 0.05) is 44.5 Å². The van der Waals surface area contributed by atoms with Crippen molar-refractivity contribution in [1.82, 2.24) is 14.5 Å². The maximum absolute atomic E-state index is 6.38. The zero-order valence-electron chi connectivity index (χ0n) is 12.8. The first-order valence-corrected chi connectivity index (χ1v) is 7.84. The summed E-state index contributed by atoms with van der Waals surface area (Å²) < 4.78 is 7.07. The zero-order valence-corrected chi connectivity index (χ0v) is 14.3. The van der Waals surface area contributed by atoms with E-state index in [0.29, 0.717) is 22.2 Å². The van der Waals surface area contributed by atoms with Gasteiger partial charge in [0.1, 0.15) is 5.82 Å². The number of halogens is 2. The molecule has 0 radical (unpaired) electrons. The molecule has 5 nitrogen and oxygen atoms in total. The van der Waals surface area contributed by atoms with Crippen molar-refractivity contribution in [3.8, 4) is 5.69 Å². The quantitative estimate of drug-likeness (QED) is 0.701. The number of anilines is 1. The first-order chi connectivity index (χ1) is 11.1. The molecule has 0 amide bonds. The van der Waals surface area contributed by atoms with Crippen molar-refractivity contribution in [2.45, 2.75) is 0 Å². The highest BCUT2D eigenvalue weighted by Crippen LogP contribution is 2.34. The number of benzene rings is 1. The van der Waals surface area contributed by atoms with E-state index < -0.39 is 0 Å². The largest absolute Gasteiger partial charge is 0.383 e. The predicted molar refractivity (Wildman–Crippen MR) is 94.0 cm³/mol. The molecule has 0 fully saturated rings. The van der Waals surface area contributed by atoms with Crippen LogP contribution in [-0.2, 0) is 4.74 Å². The Labute approximate surface area is 144 Å². The lowest BCUT2D eigenvalue weighted by Gasteiger charge is -2.20. The second-order valence-electron chi connectivity index (χ2n) is 5.14. The van der Waals surface area contributed by atoms with Crippen molar-refractivity contribution in [3.05, 3.63) is 47.0 Å². The van der Waals surface area contributed by atoms with Crippen molar-refractivity contribution in [2.24, 2.45) is 0 Å². The van der Waals surface area contributed by atoms with Crippen LogP contribution < -0.4 is 4.90 Å². The molecule has 23 heavy (non-hydrogen) atoms. The standard InChI is InChI=1S/C16H16Cl2N4O/c1-21(7-8-23-2)14-9-13(22-6-5-19-10-22)11-3-4-12(17)15(18)16(11)20-14/h3-6,9-10H,7-8H2,1-2H3. The summed E-state index contributed by atoms with van der Waals surface area (Å²) in [4.78, 5) is 10.8. The Kier molecular flexibility index (Phi) is 4.71. The molecule has 0 saturated heterocycles. The minimum absolute atomic E-state index is 0.451. The van der Waals surface area contributed by atoms with Crippen molar-refractivity contribution in [2.75, 3.05) is 32.2 Å². The fourth-order valence-electron chi connectivity index (χ4n) is 2.36. The Balaban J connectivity index is 2.21. The van der Waals surface area contributed by atoms with Crippen molar-refractivity contribution in [1.29, 1.82) is 0 Å². The molecule has 3 rings (SSSR count). The van der Waals surface area contributed by atoms with E-state index in [-0.39, 0.29) is 0 Å². The van der Waals surface area contributed by atoms with E-state index in [1.165, 1.54) is 0 Å². The van der Waals surface area contributed by atoms with Crippen LogP contribution >= 0.6 is 23.2 Å². The van der Waals surface area contributed by atoms with Crippen molar-refractivity contribution >= 4 is 39.9 Å². The minimum atomic E-state index is 0.451. The van der Waals surface area contributed by atoms with Gasteiger partial charge in [0.15, 0.2) is 0 Å². The lowest BCUT2D eigenvalue weighted by atomic mass is 10.1. The SMILES string of the molecule is COCCN(C)c1cc(-n2ccnc2)c2ccc(Cl)c(Cl)c2n1. The second-order valence-corrected chi connectivity index (χ2v) is 5.93. The number of nitrogens with zero attached hydrogens (tertiary/aromatic N) is 4. The van der Waals surface area contributed by atoms with E-state index in [1.54, 1.807) is 25.7 Å². The maximum Gasteiger partial charge on any atom is 0.131 e. The number of hydrogen-bond acceptors (Lipinski definition) is 4. The van der Waals surface area contributed by atoms with Gasteiger partial charge in [-0.1, -0.05) is 23.2 Å². The molecule has 0 N–H and O–H groups in total. The fraction of sp³-hybridized carbons (Fsp3) is 0.250. The predicted octanol–water partition coefficient (Wildman–Crippen LogP) is 3.81. The van der Waals surface area contributed by atoms with E-state index in [4.69, 9.17) is 27.9 Å². The van der Waals surface area contributed by atoms with E-state index in [2.05, 4.69) is 9.97 Å². The van der Waals surface area contributed by atoms with E-state index in [1.807, 2.05) is 34.8 Å². The summed E-state index contributed by atoms with van der Waals surface area (Å²) in [6.07, 6.45) is 5.37. The van der Waals surface area contributed by atoms with Gasteiger partial charge in [0.05, 0.1) is 34.2 Å². The molecule has 2 aromatic heterocycles. The maximum atomic E-state index is 6.38. The molecule has 0 saturated carbocycles. The molecule has 0 bridgehead atoms. The average Bonchev–Trinajstić information content (AvgIpc) is 3.09. The van der Waals surface area contributed by atoms with Gasteiger partial charge in [-0.25, -0.2) is 9.97 Å². The highest BCUT2D eigenvalue weighted by molar-refractivity contribution is 6.45. The summed E-state index contributed by atoms with van der Waals surface area (Å²) in [6.45, 7) is 1.33. The van der Waals surface area contributed by atoms with Crippen LogP contribution in [0.25, 0.3) is 16.6 Å². The first-order valence-electron chi connectivity index (χ1n) is 7.09. The summed E-state index contributed by atoms with van der Waals surface area (Å²) in [5.41, 5.74) is 1.62. The molecule has 0 unspecified atom stereocenters. The molecule has 120 valence electrons. The number of rotatable bonds is 5. The third-order valence-corrected chi connectivity index (χ3v) is 4.44.